The van der Waals surface area contributed by atoms with Crippen LogP contribution in [0.25, 0.3) is 0 Å². The molecule has 0 amide bonds. The lowest BCUT2D eigenvalue weighted by Crippen LogP contribution is -2.58. The summed E-state index contributed by atoms with van der Waals surface area (Å²) in [6.45, 7) is 9.72. The molecule has 0 spiro atoms. The molecule has 29 heavy (non-hydrogen) atoms. The maximum atomic E-state index is 10.8. The lowest BCUT2D eigenvalue weighted by Gasteiger charge is -2.45. The largest absolute Gasteiger partial charge is 0.383 e. The third-order valence-electron chi connectivity index (χ3n) is 6.00. The van der Waals surface area contributed by atoms with Crippen LogP contribution >= 0.6 is 24.0 Å². The standard InChI is InChI=1S/C20H36N6O2.HI/c1-4-21-18(22-15-19(2,27)17-13-24-25(3)14-17)23-16-20(7-11-28-12-8-20)26-9-5-6-10-26;/h13-14,27H,4-12,15-16H2,1-3H3,(H2,21,22,23);1H. The first-order valence-electron chi connectivity index (χ1n) is 10.5. The van der Waals surface area contributed by atoms with Gasteiger partial charge in [-0.05, 0) is 52.6 Å². The van der Waals surface area contributed by atoms with Gasteiger partial charge in [0.1, 0.15) is 5.60 Å². The van der Waals surface area contributed by atoms with Crippen molar-refractivity contribution in [2.45, 2.75) is 50.7 Å². The number of hydrogen-bond donors (Lipinski definition) is 3. The lowest BCUT2D eigenvalue weighted by atomic mass is 9.88. The van der Waals surface area contributed by atoms with Crippen LogP contribution in [0, 0.1) is 0 Å². The lowest BCUT2D eigenvalue weighted by molar-refractivity contribution is -0.0164. The summed E-state index contributed by atoms with van der Waals surface area (Å²) in [5.74, 6) is 0.747. The molecule has 9 heteroatoms. The molecule has 3 rings (SSSR count). The van der Waals surface area contributed by atoms with Crippen LogP contribution < -0.4 is 10.6 Å². The van der Waals surface area contributed by atoms with E-state index in [0.29, 0.717) is 0 Å². The van der Waals surface area contributed by atoms with E-state index in [1.54, 1.807) is 17.8 Å². The Bertz CT molecular complexity index is 651. The average molecular weight is 520 g/mol. The van der Waals surface area contributed by atoms with E-state index in [4.69, 9.17) is 4.74 Å². The fraction of sp³-hybridized carbons (Fsp3) is 0.800. The Morgan fingerprint density at radius 3 is 2.59 bits per heavy atom. The molecule has 0 aromatic carbocycles. The van der Waals surface area contributed by atoms with E-state index < -0.39 is 5.60 Å². The van der Waals surface area contributed by atoms with Gasteiger partial charge in [-0.1, -0.05) is 0 Å². The van der Waals surface area contributed by atoms with Crippen molar-refractivity contribution in [2.75, 3.05) is 45.9 Å². The minimum Gasteiger partial charge on any atom is -0.383 e. The van der Waals surface area contributed by atoms with Gasteiger partial charge in [0.2, 0.25) is 0 Å². The Hall–Kier alpha value is -0.910. The molecular weight excluding hydrogens is 483 g/mol. The molecule has 2 aliphatic heterocycles. The van der Waals surface area contributed by atoms with Gasteiger partial charge in [-0.2, -0.15) is 5.10 Å². The number of halogens is 1. The molecule has 2 aliphatic rings. The van der Waals surface area contributed by atoms with Crippen LogP contribution in [0.1, 0.15) is 45.1 Å². The Morgan fingerprint density at radius 1 is 1.31 bits per heavy atom. The van der Waals surface area contributed by atoms with Crippen LogP contribution in [-0.4, -0.2) is 77.2 Å². The summed E-state index contributed by atoms with van der Waals surface area (Å²) < 4.78 is 7.34. The molecule has 2 fully saturated rings. The third-order valence-corrected chi connectivity index (χ3v) is 6.00. The SMILES string of the molecule is CCNC(=NCC(C)(O)c1cnn(C)c1)NCC1(N2CCCC2)CCOCC1.I. The summed E-state index contributed by atoms with van der Waals surface area (Å²) in [5.41, 5.74) is -0.147. The first-order valence-corrected chi connectivity index (χ1v) is 10.5. The average Bonchev–Trinajstić information content (AvgIpc) is 3.37. The van der Waals surface area contributed by atoms with Crippen LogP contribution in [0.3, 0.4) is 0 Å². The molecule has 8 nitrogen and oxygen atoms in total. The molecule has 2 saturated heterocycles. The summed E-state index contributed by atoms with van der Waals surface area (Å²) in [6.07, 6.45) is 8.19. The minimum atomic E-state index is -1.05. The van der Waals surface area contributed by atoms with Crippen LogP contribution in [0.4, 0.5) is 0 Å². The fourth-order valence-electron chi connectivity index (χ4n) is 4.16. The number of aliphatic hydroxyl groups is 1. The normalized spacial score (nSPS) is 22.0. The van der Waals surface area contributed by atoms with Crippen LogP contribution in [-0.2, 0) is 17.4 Å². The van der Waals surface area contributed by atoms with Gasteiger partial charge in [-0.3, -0.25) is 9.58 Å². The highest BCUT2D eigenvalue weighted by molar-refractivity contribution is 14.0. The van der Waals surface area contributed by atoms with Gasteiger partial charge in [0, 0.05) is 50.7 Å². The number of rotatable bonds is 7. The van der Waals surface area contributed by atoms with Crippen molar-refractivity contribution in [1.82, 2.24) is 25.3 Å². The smallest absolute Gasteiger partial charge is 0.191 e. The second-order valence-electron chi connectivity index (χ2n) is 8.26. The maximum Gasteiger partial charge on any atom is 0.191 e. The van der Waals surface area contributed by atoms with Crippen molar-refractivity contribution in [3.8, 4) is 0 Å². The van der Waals surface area contributed by atoms with E-state index in [1.165, 1.54) is 25.9 Å². The van der Waals surface area contributed by atoms with Crippen molar-refractivity contribution in [3.63, 3.8) is 0 Å². The Balaban J connectivity index is 0.00000300. The molecule has 0 saturated carbocycles. The molecule has 0 aliphatic carbocycles. The zero-order chi connectivity index (χ0) is 20.0. The minimum absolute atomic E-state index is 0. The number of hydrogen-bond acceptors (Lipinski definition) is 5. The number of aromatic nitrogens is 2. The Morgan fingerprint density at radius 2 is 2.00 bits per heavy atom. The highest BCUT2D eigenvalue weighted by atomic mass is 127. The Kier molecular flexibility index (Phi) is 9.17. The van der Waals surface area contributed by atoms with Crippen molar-refractivity contribution < 1.29 is 9.84 Å². The predicted octanol–water partition coefficient (Wildman–Crippen LogP) is 1.45. The number of aliphatic imine (C=N–C) groups is 1. The molecule has 166 valence electrons. The summed E-state index contributed by atoms with van der Waals surface area (Å²) in [6, 6.07) is 0. The number of nitrogens with one attached hydrogen (secondary N) is 2. The van der Waals surface area contributed by atoms with Crippen molar-refractivity contribution in [1.29, 1.82) is 0 Å². The first kappa shape index (κ1) is 24.4. The van der Waals surface area contributed by atoms with Crippen molar-refractivity contribution in [2.24, 2.45) is 12.0 Å². The van der Waals surface area contributed by atoms with Gasteiger partial charge in [-0.25, -0.2) is 4.99 Å². The number of likely N-dealkylation sites (tertiary alicyclic amines) is 1. The van der Waals surface area contributed by atoms with Gasteiger partial charge in [-0.15, -0.1) is 24.0 Å². The van der Waals surface area contributed by atoms with Crippen LogP contribution in [0.15, 0.2) is 17.4 Å². The van der Waals surface area contributed by atoms with E-state index in [0.717, 1.165) is 50.7 Å². The van der Waals surface area contributed by atoms with Crippen molar-refractivity contribution >= 4 is 29.9 Å². The van der Waals surface area contributed by atoms with Gasteiger partial charge in [0.25, 0.3) is 0 Å². The zero-order valence-corrected chi connectivity index (χ0v) is 20.3. The topological polar surface area (TPSA) is 86.9 Å². The number of ether oxygens (including phenoxy) is 1. The monoisotopic (exact) mass is 520 g/mol. The molecule has 1 aromatic heterocycles. The van der Waals surface area contributed by atoms with Crippen LogP contribution in [0.2, 0.25) is 0 Å². The predicted molar refractivity (Wildman–Crippen MR) is 126 cm³/mol. The second kappa shape index (κ2) is 10.9. The van der Waals surface area contributed by atoms with Gasteiger partial charge >= 0.3 is 0 Å². The summed E-state index contributed by atoms with van der Waals surface area (Å²) in [7, 11) is 1.85. The Labute approximate surface area is 191 Å². The molecular formula is C20H37IN6O2. The van der Waals surface area contributed by atoms with Crippen LogP contribution in [0.5, 0.6) is 0 Å². The summed E-state index contributed by atoms with van der Waals surface area (Å²) in [4.78, 5) is 7.31. The molecule has 1 unspecified atom stereocenters. The quantitative estimate of drug-likeness (QED) is 0.287. The maximum absolute atomic E-state index is 10.8. The highest BCUT2D eigenvalue weighted by Gasteiger charge is 2.39. The van der Waals surface area contributed by atoms with Gasteiger partial charge in [0.15, 0.2) is 5.96 Å². The van der Waals surface area contributed by atoms with Gasteiger partial charge in [0.05, 0.1) is 12.7 Å². The highest BCUT2D eigenvalue weighted by Crippen LogP contribution is 2.30. The first-order chi connectivity index (χ1) is 13.5. The molecule has 1 atom stereocenters. The van der Waals surface area contributed by atoms with E-state index in [9.17, 15) is 5.11 Å². The van der Waals surface area contributed by atoms with E-state index in [1.807, 2.05) is 13.2 Å². The zero-order valence-electron chi connectivity index (χ0n) is 18.0. The summed E-state index contributed by atoms with van der Waals surface area (Å²) in [5, 5.41) is 21.8. The van der Waals surface area contributed by atoms with Gasteiger partial charge < -0.3 is 20.5 Å². The molecule has 1 aromatic rings. The van der Waals surface area contributed by atoms with Crippen molar-refractivity contribution in [3.05, 3.63) is 18.0 Å². The number of aryl methyl sites for hydroxylation is 1. The van der Waals surface area contributed by atoms with E-state index >= 15 is 0 Å². The fourth-order valence-corrected chi connectivity index (χ4v) is 4.16. The second-order valence-corrected chi connectivity index (χ2v) is 8.26. The summed E-state index contributed by atoms with van der Waals surface area (Å²) >= 11 is 0. The molecule has 0 radical (unpaired) electrons. The molecule has 3 heterocycles. The van der Waals surface area contributed by atoms with E-state index in [-0.39, 0.29) is 36.1 Å². The number of guanidine groups is 1. The molecule has 3 N–H and O–H groups in total. The third kappa shape index (κ3) is 6.28. The van der Waals surface area contributed by atoms with E-state index in [2.05, 4.69) is 32.5 Å². The molecule has 0 bridgehead atoms. The number of nitrogens with zero attached hydrogens (tertiary/aromatic N) is 4.